The van der Waals surface area contributed by atoms with Gasteiger partial charge in [0.05, 0.1) is 5.69 Å². The van der Waals surface area contributed by atoms with Crippen molar-refractivity contribution in [3.63, 3.8) is 0 Å². The van der Waals surface area contributed by atoms with Crippen molar-refractivity contribution in [2.24, 2.45) is 5.92 Å². The summed E-state index contributed by atoms with van der Waals surface area (Å²) >= 11 is 0. The quantitative estimate of drug-likeness (QED) is 0.457. The van der Waals surface area contributed by atoms with Gasteiger partial charge in [-0.3, -0.25) is 10.1 Å². The molecule has 2 fully saturated rings. The number of carbonyl (C=O) groups is 2. The first-order chi connectivity index (χ1) is 17.9. The molecule has 1 saturated heterocycles. The number of anilines is 3. The SMILES string of the molecule is Cc1c(-c2cc3cc(NC(=O)O[C@H]4C[C@@H](C(=O)N5CCC5)C4)ncc3c(N)c2F)cnc2c1NCCO2. The molecule has 192 valence electrons. The summed E-state index contributed by atoms with van der Waals surface area (Å²) in [5.41, 5.74) is 8.50. The molecule has 4 heterocycles. The Bertz CT molecular complexity index is 1420. The van der Waals surface area contributed by atoms with Gasteiger partial charge in [0.25, 0.3) is 0 Å². The summed E-state index contributed by atoms with van der Waals surface area (Å²) in [6.45, 7) is 4.65. The Labute approximate surface area is 212 Å². The fraction of sp³-hybridized carbons (Fsp3) is 0.385. The molecule has 2 aromatic heterocycles. The van der Waals surface area contributed by atoms with Crippen molar-refractivity contribution >= 4 is 40.0 Å². The smallest absolute Gasteiger partial charge is 0.413 e. The third-order valence-electron chi connectivity index (χ3n) is 7.35. The number of ether oxygens (including phenoxy) is 2. The maximum absolute atomic E-state index is 15.3. The Morgan fingerprint density at radius 2 is 2.03 bits per heavy atom. The van der Waals surface area contributed by atoms with Gasteiger partial charge in [-0.2, -0.15) is 0 Å². The second-order valence-corrected chi connectivity index (χ2v) is 9.69. The van der Waals surface area contributed by atoms with Crippen LogP contribution in [-0.2, 0) is 9.53 Å². The van der Waals surface area contributed by atoms with E-state index in [-0.39, 0.29) is 35.0 Å². The van der Waals surface area contributed by atoms with E-state index in [4.69, 9.17) is 15.2 Å². The lowest BCUT2D eigenvalue weighted by atomic mass is 9.81. The zero-order valence-electron chi connectivity index (χ0n) is 20.3. The number of carbonyl (C=O) groups excluding carboxylic acids is 2. The highest BCUT2D eigenvalue weighted by Gasteiger charge is 2.40. The minimum Gasteiger partial charge on any atom is -0.474 e. The van der Waals surface area contributed by atoms with E-state index in [1.54, 1.807) is 18.3 Å². The fourth-order valence-corrected chi connectivity index (χ4v) is 5.00. The molecular formula is C26H27FN6O4. The summed E-state index contributed by atoms with van der Waals surface area (Å²) in [7, 11) is 0. The Hall–Kier alpha value is -4.15. The zero-order valence-corrected chi connectivity index (χ0v) is 20.3. The number of hydrogen-bond acceptors (Lipinski definition) is 8. The van der Waals surface area contributed by atoms with Crippen LogP contribution in [0.1, 0.15) is 24.8 Å². The second kappa shape index (κ2) is 9.06. The van der Waals surface area contributed by atoms with E-state index in [1.807, 2.05) is 11.8 Å². The molecule has 11 heteroatoms. The van der Waals surface area contributed by atoms with E-state index in [1.165, 1.54) is 6.20 Å². The molecule has 4 N–H and O–H groups in total. The van der Waals surface area contributed by atoms with E-state index in [0.29, 0.717) is 48.2 Å². The molecule has 1 aliphatic carbocycles. The van der Waals surface area contributed by atoms with E-state index in [9.17, 15) is 9.59 Å². The topological polar surface area (TPSA) is 132 Å². The standard InChI is InChI=1S/C26H27FN6O4/c1-13-18(11-31-24-23(13)29-3-6-36-24)17-9-14-10-20(30-12-19(14)22(28)21(17)27)32-26(35)37-16-7-15(8-16)25(34)33-4-2-5-33/h9-12,15-16,29H,2-8,28H2,1H3,(H,30,32,35)/t15-,16+. The largest absolute Gasteiger partial charge is 0.474 e. The number of benzene rings is 1. The molecular weight excluding hydrogens is 479 g/mol. The zero-order chi connectivity index (χ0) is 25.7. The van der Waals surface area contributed by atoms with Crippen LogP contribution in [0.2, 0.25) is 0 Å². The monoisotopic (exact) mass is 506 g/mol. The van der Waals surface area contributed by atoms with Crippen LogP contribution in [0.4, 0.5) is 26.4 Å². The van der Waals surface area contributed by atoms with Crippen LogP contribution in [0, 0.1) is 18.7 Å². The summed E-state index contributed by atoms with van der Waals surface area (Å²) in [6, 6.07) is 3.28. The normalized spacial score (nSPS) is 20.1. The number of hydrogen-bond donors (Lipinski definition) is 3. The fourth-order valence-electron chi connectivity index (χ4n) is 5.00. The van der Waals surface area contributed by atoms with Crippen LogP contribution < -0.4 is 21.1 Å². The van der Waals surface area contributed by atoms with Gasteiger partial charge in [-0.15, -0.1) is 0 Å². The average Bonchev–Trinajstić information content (AvgIpc) is 2.83. The number of likely N-dealkylation sites (tertiary alicyclic amines) is 1. The Morgan fingerprint density at radius 3 is 2.78 bits per heavy atom. The predicted molar refractivity (Wildman–Crippen MR) is 136 cm³/mol. The number of nitrogens with one attached hydrogen (secondary N) is 2. The van der Waals surface area contributed by atoms with Gasteiger partial charge in [0.15, 0.2) is 5.82 Å². The van der Waals surface area contributed by atoms with Crippen LogP contribution in [0.15, 0.2) is 24.5 Å². The minimum absolute atomic E-state index is 0.0390. The summed E-state index contributed by atoms with van der Waals surface area (Å²) in [5.74, 6) is 0.242. The van der Waals surface area contributed by atoms with Crippen LogP contribution in [0.25, 0.3) is 21.9 Å². The molecule has 0 spiro atoms. The lowest BCUT2D eigenvalue weighted by Crippen LogP contribution is -2.50. The first-order valence-electron chi connectivity index (χ1n) is 12.4. The van der Waals surface area contributed by atoms with E-state index < -0.39 is 11.9 Å². The van der Waals surface area contributed by atoms with Gasteiger partial charge in [0, 0.05) is 54.5 Å². The number of nitrogens with zero attached hydrogens (tertiary/aromatic N) is 3. The number of fused-ring (bicyclic) bond motifs is 2. The third kappa shape index (κ3) is 4.13. The molecule has 1 aromatic carbocycles. The molecule has 1 saturated carbocycles. The van der Waals surface area contributed by atoms with Gasteiger partial charge in [0.2, 0.25) is 11.8 Å². The molecule has 37 heavy (non-hydrogen) atoms. The molecule has 3 aliphatic rings. The number of halogens is 1. The predicted octanol–water partition coefficient (Wildman–Crippen LogP) is 3.69. The number of nitrogen functional groups attached to an aromatic ring is 1. The minimum atomic E-state index is -0.650. The lowest BCUT2D eigenvalue weighted by molar-refractivity contribution is -0.145. The molecule has 3 aromatic rings. The number of rotatable bonds is 4. The number of pyridine rings is 2. The van der Waals surface area contributed by atoms with Gasteiger partial charge in [0.1, 0.15) is 24.2 Å². The summed E-state index contributed by atoms with van der Waals surface area (Å²) < 4.78 is 26.4. The van der Waals surface area contributed by atoms with Crippen LogP contribution >= 0.6 is 0 Å². The van der Waals surface area contributed by atoms with Gasteiger partial charge < -0.3 is 25.4 Å². The summed E-state index contributed by atoms with van der Waals surface area (Å²) in [4.78, 5) is 35.1. The Balaban J connectivity index is 1.19. The van der Waals surface area contributed by atoms with E-state index in [2.05, 4.69) is 20.6 Å². The van der Waals surface area contributed by atoms with Crippen molar-refractivity contribution in [2.45, 2.75) is 32.3 Å². The molecule has 10 nitrogen and oxygen atoms in total. The van der Waals surface area contributed by atoms with Crippen molar-refractivity contribution in [3.05, 3.63) is 35.9 Å². The van der Waals surface area contributed by atoms with Crippen molar-refractivity contribution in [1.29, 1.82) is 0 Å². The molecule has 0 atom stereocenters. The lowest BCUT2D eigenvalue weighted by Gasteiger charge is -2.40. The summed E-state index contributed by atoms with van der Waals surface area (Å²) in [6.07, 6.45) is 4.15. The highest BCUT2D eigenvalue weighted by Crippen LogP contribution is 2.40. The maximum atomic E-state index is 15.3. The van der Waals surface area contributed by atoms with Crippen LogP contribution in [-0.4, -0.2) is 59.2 Å². The average molecular weight is 507 g/mol. The van der Waals surface area contributed by atoms with Crippen molar-refractivity contribution in [2.75, 3.05) is 42.6 Å². The first-order valence-corrected chi connectivity index (χ1v) is 12.4. The van der Waals surface area contributed by atoms with Crippen molar-refractivity contribution < 1.29 is 23.5 Å². The number of amides is 2. The van der Waals surface area contributed by atoms with E-state index in [0.717, 1.165) is 30.8 Å². The molecule has 6 rings (SSSR count). The van der Waals surface area contributed by atoms with Crippen molar-refractivity contribution in [3.8, 4) is 17.0 Å². The molecule has 2 amide bonds. The third-order valence-corrected chi connectivity index (χ3v) is 7.35. The highest BCUT2D eigenvalue weighted by atomic mass is 19.1. The maximum Gasteiger partial charge on any atom is 0.413 e. The number of nitrogens with two attached hydrogens (primary N) is 1. The second-order valence-electron chi connectivity index (χ2n) is 9.69. The van der Waals surface area contributed by atoms with Crippen LogP contribution in [0.5, 0.6) is 5.88 Å². The van der Waals surface area contributed by atoms with Gasteiger partial charge in [-0.1, -0.05) is 0 Å². The van der Waals surface area contributed by atoms with Crippen LogP contribution in [0.3, 0.4) is 0 Å². The van der Waals surface area contributed by atoms with Crippen molar-refractivity contribution in [1.82, 2.24) is 14.9 Å². The summed E-state index contributed by atoms with van der Waals surface area (Å²) in [5, 5.41) is 6.91. The molecule has 2 aliphatic heterocycles. The van der Waals surface area contributed by atoms with E-state index >= 15 is 4.39 Å². The Morgan fingerprint density at radius 1 is 1.22 bits per heavy atom. The number of aromatic nitrogens is 2. The Kier molecular flexibility index (Phi) is 5.69. The van der Waals surface area contributed by atoms with Gasteiger partial charge in [-0.25, -0.2) is 19.2 Å². The highest BCUT2D eigenvalue weighted by molar-refractivity contribution is 5.99. The molecule has 0 unspecified atom stereocenters. The molecule has 0 bridgehead atoms. The van der Waals surface area contributed by atoms with Gasteiger partial charge >= 0.3 is 6.09 Å². The van der Waals surface area contributed by atoms with Gasteiger partial charge in [-0.05, 0) is 49.3 Å². The molecule has 0 radical (unpaired) electrons. The first kappa shape index (κ1) is 23.3.